The van der Waals surface area contributed by atoms with Crippen LogP contribution in [0.4, 0.5) is 11.4 Å². The number of hydrogen-bond donors (Lipinski definition) is 3. The maximum atomic E-state index is 12.5. The number of phenols is 1. The third kappa shape index (κ3) is 4.65. The maximum absolute atomic E-state index is 12.5. The van der Waals surface area contributed by atoms with E-state index in [0.717, 1.165) is 0 Å². The Morgan fingerprint density at radius 2 is 1.34 bits per heavy atom. The van der Waals surface area contributed by atoms with Gasteiger partial charge in [-0.3, -0.25) is 9.59 Å². The van der Waals surface area contributed by atoms with Gasteiger partial charge in [-0.05, 0) is 54.6 Å². The van der Waals surface area contributed by atoms with Crippen LogP contribution in [0.5, 0.6) is 17.2 Å². The predicted octanol–water partition coefficient (Wildman–Crippen LogP) is 3.91. The number of methoxy groups -OCH3 is 2. The summed E-state index contributed by atoms with van der Waals surface area (Å²) in [7, 11) is 3.03. The highest BCUT2D eigenvalue weighted by Crippen LogP contribution is 2.28. The lowest BCUT2D eigenvalue weighted by Crippen LogP contribution is -2.13. The fourth-order valence-electron chi connectivity index (χ4n) is 2.68. The summed E-state index contributed by atoms with van der Waals surface area (Å²) in [5.41, 5.74) is 1.69. The number of rotatable bonds is 6. The van der Waals surface area contributed by atoms with E-state index in [1.165, 1.54) is 26.4 Å². The van der Waals surface area contributed by atoms with E-state index < -0.39 is 5.91 Å². The Morgan fingerprint density at radius 3 is 1.93 bits per heavy atom. The average molecular weight is 392 g/mol. The lowest BCUT2D eigenvalue weighted by atomic mass is 10.1. The van der Waals surface area contributed by atoms with Crippen molar-refractivity contribution >= 4 is 23.2 Å². The van der Waals surface area contributed by atoms with E-state index in [9.17, 15) is 14.7 Å². The number of carbonyl (C=O) groups is 2. The molecule has 0 aliphatic carbocycles. The van der Waals surface area contributed by atoms with Crippen LogP contribution in [0.1, 0.15) is 20.7 Å². The average Bonchev–Trinajstić information content (AvgIpc) is 2.74. The molecule has 0 fully saturated rings. The highest BCUT2D eigenvalue weighted by Gasteiger charge is 2.12. The van der Waals surface area contributed by atoms with Gasteiger partial charge < -0.3 is 25.2 Å². The number of ether oxygens (including phenoxy) is 2. The number of anilines is 2. The molecule has 0 heterocycles. The molecule has 3 aromatic carbocycles. The monoisotopic (exact) mass is 392 g/mol. The minimum Gasteiger partial charge on any atom is -0.507 e. The summed E-state index contributed by atoms with van der Waals surface area (Å²) in [6, 6.07) is 17.8. The zero-order chi connectivity index (χ0) is 20.8. The second kappa shape index (κ2) is 8.79. The van der Waals surface area contributed by atoms with Gasteiger partial charge in [0.25, 0.3) is 11.8 Å². The van der Waals surface area contributed by atoms with Crippen molar-refractivity contribution in [1.29, 1.82) is 0 Å². The van der Waals surface area contributed by atoms with E-state index in [2.05, 4.69) is 10.6 Å². The van der Waals surface area contributed by atoms with Gasteiger partial charge in [0, 0.05) is 16.9 Å². The number of hydrogen-bond acceptors (Lipinski definition) is 5. The van der Waals surface area contributed by atoms with Crippen molar-refractivity contribution in [2.45, 2.75) is 0 Å². The maximum Gasteiger partial charge on any atom is 0.259 e. The van der Waals surface area contributed by atoms with Gasteiger partial charge in [0.05, 0.1) is 19.8 Å². The second-order valence-corrected chi connectivity index (χ2v) is 6.07. The molecule has 7 nitrogen and oxygen atoms in total. The number of carbonyl (C=O) groups excluding carboxylic acids is 2. The SMILES string of the molecule is COc1ccc(C(=O)Nc2ccc(NC(=O)c3ccccc3O)cc2)cc1OC. The van der Waals surface area contributed by atoms with Gasteiger partial charge in [-0.25, -0.2) is 0 Å². The Bertz CT molecular complexity index is 1030. The third-order valence-corrected chi connectivity index (χ3v) is 4.20. The first-order valence-corrected chi connectivity index (χ1v) is 8.74. The summed E-state index contributed by atoms with van der Waals surface area (Å²) in [5.74, 6) is 0.168. The molecule has 0 unspecified atom stereocenters. The molecule has 3 aromatic rings. The molecule has 0 bridgehead atoms. The zero-order valence-corrected chi connectivity index (χ0v) is 15.9. The molecule has 0 radical (unpaired) electrons. The molecule has 3 N–H and O–H groups in total. The van der Waals surface area contributed by atoms with E-state index in [-0.39, 0.29) is 17.2 Å². The third-order valence-electron chi connectivity index (χ3n) is 4.20. The molecule has 0 spiro atoms. The van der Waals surface area contributed by atoms with E-state index in [1.807, 2.05) is 0 Å². The summed E-state index contributed by atoms with van der Waals surface area (Å²) in [4.78, 5) is 24.7. The van der Waals surface area contributed by atoms with Gasteiger partial charge in [0.2, 0.25) is 0 Å². The second-order valence-electron chi connectivity index (χ2n) is 6.07. The van der Waals surface area contributed by atoms with Gasteiger partial charge in [0.1, 0.15) is 5.75 Å². The quantitative estimate of drug-likeness (QED) is 0.591. The Morgan fingerprint density at radius 1 is 0.759 bits per heavy atom. The Labute approximate surface area is 167 Å². The van der Waals surface area contributed by atoms with Crippen LogP contribution in [0.3, 0.4) is 0 Å². The fraction of sp³-hybridized carbons (Fsp3) is 0.0909. The van der Waals surface area contributed by atoms with Crippen molar-refractivity contribution in [1.82, 2.24) is 0 Å². The molecule has 148 valence electrons. The number of benzene rings is 3. The minimum atomic E-state index is -0.426. The van der Waals surface area contributed by atoms with Gasteiger partial charge in [-0.2, -0.15) is 0 Å². The summed E-state index contributed by atoms with van der Waals surface area (Å²) in [6.07, 6.45) is 0. The highest BCUT2D eigenvalue weighted by molar-refractivity contribution is 6.07. The Hall–Kier alpha value is -4.00. The van der Waals surface area contributed by atoms with Crippen LogP contribution >= 0.6 is 0 Å². The lowest BCUT2D eigenvalue weighted by molar-refractivity contribution is 0.101. The highest BCUT2D eigenvalue weighted by atomic mass is 16.5. The van der Waals surface area contributed by atoms with Crippen LogP contribution in [0, 0.1) is 0 Å². The van der Waals surface area contributed by atoms with Crippen LogP contribution in [0.2, 0.25) is 0 Å². The van der Waals surface area contributed by atoms with Crippen LogP contribution in [0.15, 0.2) is 66.7 Å². The summed E-state index contributed by atoms with van der Waals surface area (Å²) >= 11 is 0. The van der Waals surface area contributed by atoms with Crippen molar-refractivity contribution < 1.29 is 24.2 Å². The first kappa shape index (κ1) is 19.8. The molecule has 0 aromatic heterocycles. The topological polar surface area (TPSA) is 96.9 Å². The van der Waals surface area contributed by atoms with Crippen molar-refractivity contribution in [3.63, 3.8) is 0 Å². The predicted molar refractivity (Wildman–Crippen MR) is 110 cm³/mol. The molecule has 29 heavy (non-hydrogen) atoms. The van der Waals surface area contributed by atoms with E-state index in [1.54, 1.807) is 54.6 Å². The molecule has 0 saturated carbocycles. The Balaban J connectivity index is 1.67. The Kier molecular flexibility index (Phi) is 5.99. The van der Waals surface area contributed by atoms with Crippen LogP contribution in [0.25, 0.3) is 0 Å². The summed E-state index contributed by atoms with van der Waals surface area (Å²) in [6.45, 7) is 0. The normalized spacial score (nSPS) is 10.1. The first-order valence-electron chi connectivity index (χ1n) is 8.74. The minimum absolute atomic E-state index is 0.0937. The largest absolute Gasteiger partial charge is 0.507 e. The van der Waals surface area contributed by atoms with Crippen LogP contribution in [-0.2, 0) is 0 Å². The van der Waals surface area contributed by atoms with Gasteiger partial charge in [-0.15, -0.1) is 0 Å². The molecule has 0 aliphatic rings. The van der Waals surface area contributed by atoms with E-state index >= 15 is 0 Å². The zero-order valence-electron chi connectivity index (χ0n) is 15.9. The molecular weight excluding hydrogens is 372 g/mol. The molecular formula is C22H20N2O5. The molecule has 0 saturated heterocycles. The number of amides is 2. The molecule has 2 amide bonds. The van der Waals surface area contributed by atoms with E-state index in [0.29, 0.717) is 28.4 Å². The van der Waals surface area contributed by atoms with Gasteiger partial charge in [-0.1, -0.05) is 12.1 Å². The number of nitrogens with one attached hydrogen (secondary N) is 2. The van der Waals surface area contributed by atoms with Crippen LogP contribution in [-0.4, -0.2) is 31.1 Å². The lowest BCUT2D eigenvalue weighted by Gasteiger charge is -2.11. The summed E-state index contributed by atoms with van der Waals surface area (Å²) in [5, 5.41) is 15.2. The molecule has 0 aliphatic heterocycles. The number of aromatic hydroxyl groups is 1. The van der Waals surface area contributed by atoms with Crippen molar-refractivity contribution in [3.05, 3.63) is 77.9 Å². The molecule has 7 heteroatoms. The standard InChI is InChI=1S/C22H20N2O5/c1-28-19-12-7-14(13-20(19)29-2)21(26)23-15-8-10-16(11-9-15)24-22(27)17-5-3-4-6-18(17)25/h3-13,25H,1-2H3,(H,23,26)(H,24,27). The van der Waals surface area contributed by atoms with E-state index in [4.69, 9.17) is 9.47 Å². The van der Waals surface area contributed by atoms with Gasteiger partial charge in [0.15, 0.2) is 11.5 Å². The van der Waals surface area contributed by atoms with Gasteiger partial charge >= 0.3 is 0 Å². The summed E-state index contributed by atoms with van der Waals surface area (Å²) < 4.78 is 10.4. The molecule has 0 atom stereocenters. The number of phenolic OH excluding ortho intramolecular Hbond substituents is 1. The van der Waals surface area contributed by atoms with Crippen molar-refractivity contribution in [2.24, 2.45) is 0 Å². The first-order chi connectivity index (χ1) is 14.0. The molecule has 3 rings (SSSR count). The van der Waals surface area contributed by atoms with Crippen LogP contribution < -0.4 is 20.1 Å². The number of para-hydroxylation sites is 1. The fourth-order valence-corrected chi connectivity index (χ4v) is 2.68. The smallest absolute Gasteiger partial charge is 0.259 e. The van der Waals surface area contributed by atoms with Crippen molar-refractivity contribution in [3.8, 4) is 17.2 Å². The van der Waals surface area contributed by atoms with Crippen molar-refractivity contribution in [2.75, 3.05) is 24.9 Å².